The first-order valence-corrected chi connectivity index (χ1v) is 11.4. The second kappa shape index (κ2) is 9.42. The number of carbonyl (C=O) groups excluding carboxylic acids is 2. The van der Waals surface area contributed by atoms with Crippen LogP contribution in [0.4, 0.5) is 11.4 Å². The molecule has 166 valence electrons. The quantitative estimate of drug-likeness (QED) is 0.502. The lowest BCUT2D eigenvalue weighted by Gasteiger charge is -2.13. The van der Waals surface area contributed by atoms with E-state index < -0.39 is 21.9 Å². The van der Waals surface area contributed by atoms with Gasteiger partial charge in [0.1, 0.15) is 4.90 Å². The summed E-state index contributed by atoms with van der Waals surface area (Å²) in [7, 11) is -2.78. The number of carbonyl (C=O) groups is 2. The highest BCUT2D eigenvalue weighted by Gasteiger charge is 2.21. The SMILES string of the molecule is COC(=O)c1ccc(C)c(NC(=O)c2ccc(Cl)c(S(=O)(=O)Nc3ccccc3C)c2)c1. The van der Waals surface area contributed by atoms with Crippen molar-refractivity contribution in [3.05, 3.63) is 87.9 Å². The Kier molecular flexibility index (Phi) is 6.86. The number of methoxy groups -OCH3 is 1. The molecule has 0 atom stereocenters. The fourth-order valence-electron chi connectivity index (χ4n) is 2.93. The first-order valence-electron chi connectivity index (χ1n) is 9.50. The topological polar surface area (TPSA) is 102 Å². The van der Waals surface area contributed by atoms with E-state index >= 15 is 0 Å². The molecule has 0 radical (unpaired) electrons. The van der Waals surface area contributed by atoms with Gasteiger partial charge in [-0.05, 0) is 61.4 Å². The molecule has 0 heterocycles. The normalized spacial score (nSPS) is 11.0. The summed E-state index contributed by atoms with van der Waals surface area (Å²) in [6, 6.07) is 15.6. The molecule has 3 rings (SSSR count). The second-order valence-electron chi connectivity index (χ2n) is 7.04. The number of amides is 1. The predicted molar refractivity (Wildman–Crippen MR) is 124 cm³/mol. The third kappa shape index (κ3) is 5.09. The maximum absolute atomic E-state index is 12.9. The van der Waals surface area contributed by atoms with Gasteiger partial charge in [-0.15, -0.1) is 0 Å². The third-order valence-electron chi connectivity index (χ3n) is 4.78. The standard InChI is InChI=1S/C23H21ClN2O5S/c1-14-6-4-5-7-19(14)26-32(29,30)21-13-16(10-11-18(21)24)22(27)25-20-12-17(23(28)31-3)9-8-15(20)2/h4-13,26H,1-3H3,(H,25,27). The zero-order valence-corrected chi connectivity index (χ0v) is 19.2. The third-order valence-corrected chi connectivity index (χ3v) is 6.63. The first-order chi connectivity index (χ1) is 15.1. The molecule has 3 aromatic rings. The highest BCUT2D eigenvalue weighted by atomic mass is 35.5. The van der Waals surface area contributed by atoms with Crippen molar-refractivity contribution in [3.63, 3.8) is 0 Å². The molecular formula is C23H21ClN2O5S. The maximum atomic E-state index is 12.9. The number of ether oxygens (including phenoxy) is 1. The molecule has 3 aromatic carbocycles. The molecule has 0 aliphatic carbocycles. The van der Waals surface area contributed by atoms with Crippen LogP contribution in [0.5, 0.6) is 0 Å². The van der Waals surface area contributed by atoms with Crippen molar-refractivity contribution in [1.82, 2.24) is 0 Å². The number of hydrogen-bond acceptors (Lipinski definition) is 5. The van der Waals surface area contributed by atoms with Crippen molar-refractivity contribution in [1.29, 1.82) is 0 Å². The Labute approximate surface area is 191 Å². The van der Waals surface area contributed by atoms with Crippen molar-refractivity contribution in [2.75, 3.05) is 17.1 Å². The lowest BCUT2D eigenvalue weighted by atomic mass is 10.1. The summed E-state index contributed by atoms with van der Waals surface area (Å²) >= 11 is 6.15. The molecule has 0 aliphatic heterocycles. The number of halogens is 1. The minimum absolute atomic E-state index is 0.0218. The van der Waals surface area contributed by atoms with Gasteiger partial charge >= 0.3 is 5.97 Å². The highest BCUT2D eigenvalue weighted by Crippen LogP contribution is 2.27. The number of para-hydroxylation sites is 1. The molecule has 0 bridgehead atoms. The Hall–Kier alpha value is -3.36. The van der Waals surface area contributed by atoms with Gasteiger partial charge in [-0.2, -0.15) is 0 Å². The number of aryl methyl sites for hydroxylation is 2. The fraction of sp³-hybridized carbons (Fsp3) is 0.130. The summed E-state index contributed by atoms with van der Waals surface area (Å²) in [5, 5.41) is 2.68. The molecule has 0 spiro atoms. The summed E-state index contributed by atoms with van der Waals surface area (Å²) in [4.78, 5) is 24.4. The fourth-order valence-corrected chi connectivity index (χ4v) is 4.59. The smallest absolute Gasteiger partial charge is 0.337 e. The van der Waals surface area contributed by atoms with Gasteiger partial charge in [0.25, 0.3) is 15.9 Å². The Bertz CT molecular complexity index is 1310. The van der Waals surface area contributed by atoms with Crippen molar-refractivity contribution in [2.45, 2.75) is 18.7 Å². The maximum Gasteiger partial charge on any atom is 0.337 e. The Morgan fingerprint density at radius 3 is 2.22 bits per heavy atom. The minimum Gasteiger partial charge on any atom is -0.465 e. The molecule has 7 nitrogen and oxygen atoms in total. The van der Waals surface area contributed by atoms with Crippen LogP contribution in [0.2, 0.25) is 5.02 Å². The van der Waals surface area contributed by atoms with Gasteiger partial charge in [0.2, 0.25) is 0 Å². The molecule has 0 saturated carbocycles. The molecule has 0 fully saturated rings. The van der Waals surface area contributed by atoms with E-state index in [4.69, 9.17) is 16.3 Å². The average molecular weight is 473 g/mol. The van der Waals surface area contributed by atoms with E-state index in [0.717, 1.165) is 5.56 Å². The molecule has 0 saturated heterocycles. The summed E-state index contributed by atoms with van der Waals surface area (Å²) < 4.78 is 33.1. The Morgan fingerprint density at radius 1 is 0.875 bits per heavy atom. The minimum atomic E-state index is -4.05. The van der Waals surface area contributed by atoms with Crippen LogP contribution in [-0.4, -0.2) is 27.4 Å². The molecule has 32 heavy (non-hydrogen) atoms. The van der Waals surface area contributed by atoms with E-state index in [2.05, 4.69) is 10.0 Å². The number of esters is 1. The molecule has 9 heteroatoms. The van der Waals surface area contributed by atoms with E-state index in [1.54, 1.807) is 50.2 Å². The Balaban J connectivity index is 1.91. The molecule has 0 unspecified atom stereocenters. The zero-order valence-electron chi connectivity index (χ0n) is 17.6. The molecule has 0 aromatic heterocycles. The van der Waals surface area contributed by atoms with Crippen LogP contribution in [0, 0.1) is 13.8 Å². The van der Waals surface area contributed by atoms with Crippen molar-refractivity contribution in [2.24, 2.45) is 0 Å². The van der Waals surface area contributed by atoms with Crippen molar-refractivity contribution >= 4 is 44.9 Å². The van der Waals surface area contributed by atoms with Crippen LogP contribution in [0.3, 0.4) is 0 Å². The van der Waals surface area contributed by atoms with Crippen LogP contribution >= 0.6 is 11.6 Å². The number of anilines is 2. The van der Waals surface area contributed by atoms with Gasteiger partial charge in [-0.3, -0.25) is 9.52 Å². The highest BCUT2D eigenvalue weighted by molar-refractivity contribution is 7.92. The second-order valence-corrected chi connectivity index (χ2v) is 9.10. The molecule has 1 amide bonds. The predicted octanol–water partition coefficient (Wildman–Crippen LogP) is 4.80. The van der Waals surface area contributed by atoms with Crippen LogP contribution in [0.25, 0.3) is 0 Å². The Morgan fingerprint density at radius 2 is 1.53 bits per heavy atom. The number of hydrogen-bond donors (Lipinski definition) is 2. The number of nitrogens with one attached hydrogen (secondary N) is 2. The van der Waals surface area contributed by atoms with Crippen molar-refractivity contribution < 1.29 is 22.7 Å². The molecule has 0 aliphatic rings. The molecular weight excluding hydrogens is 452 g/mol. The average Bonchev–Trinajstić information content (AvgIpc) is 2.76. The zero-order chi connectivity index (χ0) is 23.5. The van der Waals surface area contributed by atoms with Gasteiger partial charge in [0.05, 0.1) is 23.4 Å². The van der Waals surface area contributed by atoms with E-state index in [1.807, 2.05) is 0 Å². The summed E-state index contributed by atoms with van der Waals surface area (Å²) in [5.74, 6) is -1.10. The van der Waals surface area contributed by atoms with E-state index in [9.17, 15) is 18.0 Å². The van der Waals surface area contributed by atoms with Crippen LogP contribution < -0.4 is 10.0 Å². The summed E-state index contributed by atoms with van der Waals surface area (Å²) in [6.07, 6.45) is 0. The van der Waals surface area contributed by atoms with Gasteiger partial charge in [0.15, 0.2) is 0 Å². The van der Waals surface area contributed by atoms with Crippen LogP contribution in [0.1, 0.15) is 31.8 Å². The van der Waals surface area contributed by atoms with Crippen molar-refractivity contribution in [3.8, 4) is 0 Å². The van der Waals surface area contributed by atoms with Crippen LogP contribution in [-0.2, 0) is 14.8 Å². The number of benzene rings is 3. The van der Waals surface area contributed by atoms with Gasteiger partial charge in [0, 0.05) is 11.3 Å². The van der Waals surface area contributed by atoms with E-state index in [-0.39, 0.29) is 21.0 Å². The largest absolute Gasteiger partial charge is 0.465 e. The monoisotopic (exact) mass is 472 g/mol. The van der Waals surface area contributed by atoms with E-state index in [1.165, 1.54) is 31.4 Å². The number of sulfonamides is 1. The van der Waals surface area contributed by atoms with E-state index in [0.29, 0.717) is 16.9 Å². The summed E-state index contributed by atoms with van der Waals surface area (Å²) in [6.45, 7) is 3.54. The van der Waals surface area contributed by atoms with Gasteiger partial charge in [-0.25, -0.2) is 13.2 Å². The molecule has 2 N–H and O–H groups in total. The lowest BCUT2D eigenvalue weighted by molar-refractivity contribution is 0.0600. The number of rotatable bonds is 6. The first kappa shape index (κ1) is 23.3. The van der Waals surface area contributed by atoms with Gasteiger partial charge < -0.3 is 10.1 Å². The summed E-state index contributed by atoms with van der Waals surface area (Å²) in [5.41, 5.74) is 2.62. The van der Waals surface area contributed by atoms with Gasteiger partial charge in [-0.1, -0.05) is 35.9 Å². The van der Waals surface area contributed by atoms with Crippen LogP contribution in [0.15, 0.2) is 65.6 Å². The lowest BCUT2D eigenvalue weighted by Crippen LogP contribution is -2.17.